The summed E-state index contributed by atoms with van der Waals surface area (Å²) in [6, 6.07) is 7.70. The molecule has 112 valence electrons. The molecule has 0 radical (unpaired) electrons. The highest BCUT2D eigenvalue weighted by Gasteiger charge is 2.23. The van der Waals surface area contributed by atoms with Crippen LogP contribution in [0.5, 0.6) is 0 Å². The molecule has 0 aliphatic carbocycles. The van der Waals surface area contributed by atoms with Crippen molar-refractivity contribution < 1.29 is 8.42 Å². The summed E-state index contributed by atoms with van der Waals surface area (Å²) in [6.45, 7) is 7.20. The molecule has 0 N–H and O–H groups in total. The van der Waals surface area contributed by atoms with E-state index in [1.54, 1.807) is 11.2 Å². The van der Waals surface area contributed by atoms with Crippen LogP contribution in [0.4, 0.5) is 5.69 Å². The Balaban J connectivity index is 2.19. The average molecular weight is 296 g/mol. The van der Waals surface area contributed by atoms with Gasteiger partial charge in [-0.15, -0.1) is 0 Å². The lowest BCUT2D eigenvalue weighted by molar-refractivity contribution is 0.349. The van der Waals surface area contributed by atoms with Crippen molar-refractivity contribution in [1.82, 2.24) is 4.90 Å². The number of rotatable bonds is 6. The van der Waals surface area contributed by atoms with Crippen LogP contribution in [0.1, 0.15) is 25.3 Å². The Kier molecular flexibility index (Phi) is 5.05. The first-order valence-corrected chi connectivity index (χ1v) is 8.94. The van der Waals surface area contributed by atoms with Crippen LogP contribution in [0.2, 0.25) is 0 Å². The SMILES string of the molecule is CCS(=O)(=O)N(CCN1CCCC1)c1ccccc1C. The molecule has 2 rings (SSSR count). The predicted octanol–water partition coefficient (Wildman–Crippen LogP) is 2.25. The summed E-state index contributed by atoms with van der Waals surface area (Å²) < 4.78 is 26.3. The highest BCUT2D eigenvalue weighted by Crippen LogP contribution is 2.23. The fourth-order valence-corrected chi connectivity index (χ4v) is 3.82. The fraction of sp³-hybridized carbons (Fsp3) is 0.600. The maximum Gasteiger partial charge on any atom is 0.234 e. The summed E-state index contributed by atoms with van der Waals surface area (Å²) in [5.74, 6) is 0.140. The number of hydrogen-bond acceptors (Lipinski definition) is 3. The van der Waals surface area contributed by atoms with Crippen LogP contribution in [-0.2, 0) is 10.0 Å². The summed E-state index contributed by atoms with van der Waals surface area (Å²) in [6.07, 6.45) is 2.45. The number of likely N-dealkylation sites (tertiary alicyclic amines) is 1. The van der Waals surface area contributed by atoms with Gasteiger partial charge in [0.05, 0.1) is 11.4 Å². The van der Waals surface area contributed by atoms with Crippen LogP contribution in [0.25, 0.3) is 0 Å². The molecule has 1 fully saturated rings. The van der Waals surface area contributed by atoms with Crippen LogP contribution in [0, 0.1) is 6.92 Å². The number of nitrogens with zero attached hydrogens (tertiary/aromatic N) is 2. The van der Waals surface area contributed by atoms with Gasteiger partial charge in [-0.05, 0) is 51.4 Å². The van der Waals surface area contributed by atoms with Crippen LogP contribution in [0.3, 0.4) is 0 Å². The van der Waals surface area contributed by atoms with Gasteiger partial charge in [-0.3, -0.25) is 4.31 Å². The van der Waals surface area contributed by atoms with Crippen LogP contribution < -0.4 is 4.31 Å². The summed E-state index contributed by atoms with van der Waals surface area (Å²) in [5.41, 5.74) is 1.82. The molecule has 0 unspecified atom stereocenters. The predicted molar refractivity (Wildman–Crippen MR) is 83.7 cm³/mol. The second-order valence-electron chi connectivity index (χ2n) is 5.31. The van der Waals surface area contributed by atoms with Gasteiger partial charge in [0.25, 0.3) is 0 Å². The van der Waals surface area contributed by atoms with E-state index >= 15 is 0 Å². The van der Waals surface area contributed by atoms with Crippen molar-refractivity contribution in [2.24, 2.45) is 0 Å². The van der Waals surface area contributed by atoms with Crippen LogP contribution in [0.15, 0.2) is 24.3 Å². The maximum absolute atomic E-state index is 12.4. The summed E-state index contributed by atoms with van der Waals surface area (Å²) in [5, 5.41) is 0. The van der Waals surface area contributed by atoms with Gasteiger partial charge in [0.15, 0.2) is 0 Å². The van der Waals surface area contributed by atoms with E-state index in [-0.39, 0.29) is 5.75 Å². The molecule has 1 aromatic carbocycles. The zero-order valence-electron chi connectivity index (χ0n) is 12.4. The smallest absolute Gasteiger partial charge is 0.234 e. The lowest BCUT2D eigenvalue weighted by Gasteiger charge is -2.27. The number of hydrogen-bond donors (Lipinski definition) is 0. The number of sulfonamides is 1. The largest absolute Gasteiger partial charge is 0.302 e. The number of para-hydroxylation sites is 1. The van der Waals surface area contributed by atoms with Crippen LogP contribution >= 0.6 is 0 Å². The fourth-order valence-electron chi connectivity index (χ4n) is 2.65. The van der Waals surface area contributed by atoms with Gasteiger partial charge in [-0.25, -0.2) is 8.42 Å². The first-order valence-electron chi connectivity index (χ1n) is 7.33. The zero-order valence-corrected chi connectivity index (χ0v) is 13.2. The molecule has 20 heavy (non-hydrogen) atoms. The standard InChI is InChI=1S/C15H24N2O2S/c1-3-20(18,19)17(13-12-16-10-6-7-11-16)15-9-5-4-8-14(15)2/h4-5,8-9H,3,6-7,10-13H2,1-2H3. The van der Waals surface area contributed by atoms with Gasteiger partial charge in [-0.2, -0.15) is 0 Å². The first-order chi connectivity index (χ1) is 9.54. The third kappa shape index (κ3) is 3.52. The monoisotopic (exact) mass is 296 g/mol. The number of aryl methyl sites for hydroxylation is 1. The molecule has 0 amide bonds. The van der Waals surface area contributed by atoms with Crippen molar-refractivity contribution in [3.8, 4) is 0 Å². The molecule has 0 aromatic heterocycles. The quantitative estimate of drug-likeness (QED) is 0.808. The lowest BCUT2D eigenvalue weighted by atomic mass is 10.2. The van der Waals surface area contributed by atoms with E-state index in [0.29, 0.717) is 6.54 Å². The molecule has 5 heteroatoms. The van der Waals surface area contributed by atoms with E-state index in [9.17, 15) is 8.42 Å². The van der Waals surface area contributed by atoms with Crippen molar-refractivity contribution in [2.75, 3.05) is 36.2 Å². The molecule has 0 spiro atoms. The molecule has 0 atom stereocenters. The molecule has 1 aliphatic heterocycles. The first kappa shape index (κ1) is 15.3. The van der Waals surface area contributed by atoms with E-state index < -0.39 is 10.0 Å². The third-order valence-electron chi connectivity index (χ3n) is 3.90. The number of anilines is 1. The van der Waals surface area contributed by atoms with Crippen LogP contribution in [-0.4, -0.2) is 45.2 Å². The normalized spacial score (nSPS) is 16.5. The molecule has 1 aromatic rings. The van der Waals surface area contributed by atoms with Gasteiger partial charge in [0, 0.05) is 13.1 Å². The Morgan fingerprint density at radius 3 is 2.45 bits per heavy atom. The molecule has 1 saturated heterocycles. The van der Waals surface area contributed by atoms with Crippen molar-refractivity contribution in [1.29, 1.82) is 0 Å². The molecule has 1 aliphatic rings. The minimum atomic E-state index is -3.22. The lowest BCUT2D eigenvalue weighted by Crippen LogP contribution is -2.39. The van der Waals surface area contributed by atoms with E-state index in [0.717, 1.165) is 30.9 Å². The van der Waals surface area contributed by atoms with Gasteiger partial charge in [0.1, 0.15) is 0 Å². The van der Waals surface area contributed by atoms with E-state index in [1.165, 1.54) is 12.8 Å². The van der Waals surface area contributed by atoms with Crippen molar-refractivity contribution >= 4 is 15.7 Å². The van der Waals surface area contributed by atoms with Gasteiger partial charge >= 0.3 is 0 Å². The van der Waals surface area contributed by atoms with E-state index in [1.807, 2.05) is 31.2 Å². The van der Waals surface area contributed by atoms with E-state index in [2.05, 4.69) is 4.90 Å². The Labute approximate surface area is 122 Å². The Hall–Kier alpha value is -1.07. The Morgan fingerprint density at radius 1 is 1.20 bits per heavy atom. The average Bonchev–Trinajstić information content (AvgIpc) is 2.94. The molecule has 1 heterocycles. The maximum atomic E-state index is 12.4. The summed E-state index contributed by atoms with van der Waals surface area (Å²) in [7, 11) is -3.22. The Bertz CT molecular complexity index is 537. The van der Waals surface area contributed by atoms with Gasteiger partial charge in [0.2, 0.25) is 10.0 Å². The minimum Gasteiger partial charge on any atom is -0.302 e. The summed E-state index contributed by atoms with van der Waals surface area (Å²) >= 11 is 0. The van der Waals surface area contributed by atoms with Gasteiger partial charge in [-0.1, -0.05) is 18.2 Å². The third-order valence-corrected chi connectivity index (χ3v) is 5.68. The molecule has 0 saturated carbocycles. The Morgan fingerprint density at radius 2 is 1.85 bits per heavy atom. The molecular weight excluding hydrogens is 272 g/mol. The summed E-state index contributed by atoms with van der Waals surface area (Å²) in [4.78, 5) is 2.34. The second kappa shape index (κ2) is 6.59. The topological polar surface area (TPSA) is 40.6 Å². The van der Waals surface area contributed by atoms with Gasteiger partial charge < -0.3 is 4.90 Å². The molecule has 4 nitrogen and oxygen atoms in total. The highest BCUT2D eigenvalue weighted by atomic mass is 32.2. The molecular formula is C15H24N2O2S. The van der Waals surface area contributed by atoms with Crippen molar-refractivity contribution in [2.45, 2.75) is 26.7 Å². The molecule has 0 bridgehead atoms. The zero-order chi connectivity index (χ0) is 14.6. The van der Waals surface area contributed by atoms with Crippen molar-refractivity contribution in [3.05, 3.63) is 29.8 Å². The second-order valence-corrected chi connectivity index (χ2v) is 7.49. The minimum absolute atomic E-state index is 0.140. The van der Waals surface area contributed by atoms with E-state index in [4.69, 9.17) is 0 Å². The number of benzene rings is 1. The van der Waals surface area contributed by atoms with Crippen molar-refractivity contribution in [3.63, 3.8) is 0 Å². The highest BCUT2D eigenvalue weighted by molar-refractivity contribution is 7.92.